The zero-order valence-corrected chi connectivity index (χ0v) is 13.7. The summed E-state index contributed by atoms with van der Waals surface area (Å²) in [7, 11) is 0. The molecule has 122 valence electrons. The first-order valence-corrected chi connectivity index (χ1v) is 8.61. The topological polar surface area (TPSA) is 48.9 Å². The third-order valence-corrected chi connectivity index (χ3v) is 5.19. The molecule has 1 aliphatic carbocycles. The number of benzene rings is 3. The largest absolute Gasteiger partial charge is 0.508 e. The highest BCUT2D eigenvalue weighted by atomic mass is 16.3. The molecule has 3 heteroatoms. The second-order valence-corrected chi connectivity index (χ2v) is 6.81. The Morgan fingerprint density at radius 2 is 1.76 bits per heavy atom. The number of aromatic hydroxyl groups is 1. The van der Waals surface area contributed by atoms with Gasteiger partial charge in [0.15, 0.2) is 0 Å². The van der Waals surface area contributed by atoms with Crippen molar-refractivity contribution < 1.29 is 5.11 Å². The van der Waals surface area contributed by atoms with Gasteiger partial charge in [0, 0.05) is 5.39 Å². The Morgan fingerprint density at radius 1 is 0.880 bits per heavy atom. The Kier molecular flexibility index (Phi) is 3.14. The van der Waals surface area contributed by atoms with Crippen LogP contribution in [0.15, 0.2) is 72.9 Å². The van der Waals surface area contributed by atoms with E-state index < -0.39 is 0 Å². The standard InChI is InChI=1S/C22H18N2O/c25-17-8-4-7-15(9-17)16-10-19(21-13-23-24-22(21)11-16)20-12-18(20)14-5-2-1-3-6-14/h1-11,13,18,20,25H,12H2,(H,23,24). The summed E-state index contributed by atoms with van der Waals surface area (Å²) < 4.78 is 0. The van der Waals surface area contributed by atoms with Gasteiger partial charge in [-0.1, -0.05) is 48.5 Å². The van der Waals surface area contributed by atoms with Gasteiger partial charge >= 0.3 is 0 Å². The van der Waals surface area contributed by atoms with E-state index in [-0.39, 0.29) is 5.75 Å². The van der Waals surface area contributed by atoms with E-state index in [1.54, 1.807) is 6.07 Å². The van der Waals surface area contributed by atoms with Crippen molar-refractivity contribution in [3.63, 3.8) is 0 Å². The minimum atomic E-state index is 0.289. The van der Waals surface area contributed by atoms with E-state index in [1.165, 1.54) is 22.9 Å². The third kappa shape index (κ3) is 2.49. The quantitative estimate of drug-likeness (QED) is 0.543. The van der Waals surface area contributed by atoms with Crippen LogP contribution in [0.2, 0.25) is 0 Å². The lowest BCUT2D eigenvalue weighted by Crippen LogP contribution is -1.88. The lowest BCUT2D eigenvalue weighted by molar-refractivity contribution is 0.475. The van der Waals surface area contributed by atoms with Gasteiger partial charge in [0.2, 0.25) is 0 Å². The fraction of sp³-hybridized carbons (Fsp3) is 0.136. The number of fused-ring (bicyclic) bond motifs is 1. The van der Waals surface area contributed by atoms with Crippen LogP contribution in [0.4, 0.5) is 0 Å². The molecule has 1 aromatic heterocycles. The number of phenols is 1. The van der Waals surface area contributed by atoms with Crippen LogP contribution < -0.4 is 0 Å². The van der Waals surface area contributed by atoms with Crippen LogP contribution in [0.5, 0.6) is 5.75 Å². The molecule has 0 radical (unpaired) electrons. The van der Waals surface area contributed by atoms with Crippen molar-refractivity contribution in [1.29, 1.82) is 0 Å². The minimum Gasteiger partial charge on any atom is -0.508 e. The predicted molar refractivity (Wildman–Crippen MR) is 99.7 cm³/mol. The average Bonchev–Trinajstić information content (AvgIpc) is 3.30. The number of aromatic nitrogens is 2. The number of rotatable bonds is 3. The predicted octanol–water partition coefficient (Wildman–Crippen LogP) is 5.21. The van der Waals surface area contributed by atoms with Gasteiger partial charge in [-0.25, -0.2) is 0 Å². The summed E-state index contributed by atoms with van der Waals surface area (Å²) in [5.41, 5.74) is 5.94. The highest BCUT2D eigenvalue weighted by Gasteiger charge is 2.40. The first-order valence-electron chi connectivity index (χ1n) is 8.61. The smallest absolute Gasteiger partial charge is 0.116 e. The van der Waals surface area contributed by atoms with Crippen LogP contribution in [-0.2, 0) is 0 Å². The molecule has 0 aliphatic heterocycles. The first kappa shape index (κ1) is 14.3. The summed E-state index contributed by atoms with van der Waals surface area (Å²) in [6.45, 7) is 0. The van der Waals surface area contributed by atoms with Gasteiger partial charge in [0.05, 0.1) is 11.7 Å². The summed E-state index contributed by atoms with van der Waals surface area (Å²) in [5, 5.41) is 18.4. The third-order valence-electron chi connectivity index (χ3n) is 5.19. The summed E-state index contributed by atoms with van der Waals surface area (Å²) in [6.07, 6.45) is 3.10. The normalized spacial score (nSPS) is 19.2. The molecule has 3 aromatic carbocycles. The molecule has 0 saturated heterocycles. The number of nitrogens with zero attached hydrogens (tertiary/aromatic N) is 1. The van der Waals surface area contributed by atoms with Gasteiger partial charge in [-0.2, -0.15) is 5.10 Å². The van der Waals surface area contributed by atoms with Crippen molar-refractivity contribution in [2.75, 3.05) is 0 Å². The van der Waals surface area contributed by atoms with E-state index in [1.807, 2.05) is 24.4 Å². The van der Waals surface area contributed by atoms with Gasteiger partial charge in [0.25, 0.3) is 0 Å². The van der Waals surface area contributed by atoms with E-state index in [9.17, 15) is 5.11 Å². The summed E-state index contributed by atoms with van der Waals surface area (Å²) >= 11 is 0. The molecular weight excluding hydrogens is 308 g/mol. The van der Waals surface area contributed by atoms with Crippen molar-refractivity contribution in [3.8, 4) is 16.9 Å². The van der Waals surface area contributed by atoms with Crippen LogP contribution in [0.3, 0.4) is 0 Å². The SMILES string of the molecule is Oc1cccc(-c2cc(C3CC3c3ccccc3)c3cn[nH]c3c2)c1. The fourth-order valence-corrected chi connectivity index (χ4v) is 3.84. The second-order valence-electron chi connectivity index (χ2n) is 6.81. The van der Waals surface area contributed by atoms with E-state index in [0.29, 0.717) is 11.8 Å². The number of aromatic amines is 1. The lowest BCUT2D eigenvalue weighted by atomic mass is 9.96. The van der Waals surface area contributed by atoms with Crippen LogP contribution in [-0.4, -0.2) is 15.3 Å². The molecule has 3 nitrogen and oxygen atoms in total. The van der Waals surface area contributed by atoms with Crippen LogP contribution in [0, 0.1) is 0 Å². The van der Waals surface area contributed by atoms with E-state index >= 15 is 0 Å². The monoisotopic (exact) mass is 326 g/mol. The molecule has 2 unspecified atom stereocenters. The zero-order chi connectivity index (χ0) is 16.8. The van der Waals surface area contributed by atoms with Crippen molar-refractivity contribution in [2.45, 2.75) is 18.3 Å². The molecule has 5 rings (SSSR count). The molecule has 1 fully saturated rings. The van der Waals surface area contributed by atoms with Crippen LogP contribution in [0.25, 0.3) is 22.0 Å². The summed E-state index contributed by atoms with van der Waals surface area (Å²) in [6, 6.07) is 22.5. The number of nitrogens with one attached hydrogen (secondary N) is 1. The Labute approximate surface area is 146 Å². The average molecular weight is 326 g/mol. The van der Waals surface area contributed by atoms with Gasteiger partial charge < -0.3 is 5.11 Å². The van der Waals surface area contributed by atoms with E-state index in [4.69, 9.17) is 0 Å². The highest BCUT2D eigenvalue weighted by molar-refractivity contribution is 5.88. The molecule has 0 bridgehead atoms. The Bertz CT molecular complexity index is 1050. The second kappa shape index (κ2) is 5.49. The first-order chi connectivity index (χ1) is 12.3. The highest BCUT2D eigenvalue weighted by Crippen LogP contribution is 2.56. The fourth-order valence-electron chi connectivity index (χ4n) is 3.84. The van der Waals surface area contributed by atoms with E-state index in [2.05, 4.69) is 52.7 Å². The maximum atomic E-state index is 9.81. The summed E-state index contributed by atoms with van der Waals surface area (Å²) in [4.78, 5) is 0. The molecule has 25 heavy (non-hydrogen) atoms. The molecule has 1 aliphatic rings. The maximum Gasteiger partial charge on any atom is 0.116 e. The van der Waals surface area contributed by atoms with Gasteiger partial charge in [-0.15, -0.1) is 0 Å². The van der Waals surface area contributed by atoms with Crippen molar-refractivity contribution >= 4 is 10.9 Å². The van der Waals surface area contributed by atoms with E-state index in [0.717, 1.165) is 16.6 Å². The lowest BCUT2D eigenvalue weighted by Gasteiger charge is -2.08. The number of H-pyrrole nitrogens is 1. The molecule has 0 spiro atoms. The van der Waals surface area contributed by atoms with Crippen molar-refractivity contribution in [2.24, 2.45) is 0 Å². The molecule has 0 amide bonds. The van der Waals surface area contributed by atoms with Gasteiger partial charge in [-0.3, -0.25) is 5.10 Å². The molecule has 1 heterocycles. The van der Waals surface area contributed by atoms with Crippen molar-refractivity contribution in [3.05, 3.63) is 84.1 Å². The summed E-state index contributed by atoms with van der Waals surface area (Å²) in [5.74, 6) is 1.40. The minimum absolute atomic E-state index is 0.289. The molecular formula is C22H18N2O. The Hall–Kier alpha value is -3.07. The maximum absolute atomic E-state index is 9.81. The number of hydrogen-bond acceptors (Lipinski definition) is 2. The van der Waals surface area contributed by atoms with Gasteiger partial charge in [0.1, 0.15) is 5.75 Å². The Balaban J connectivity index is 1.60. The molecule has 2 atom stereocenters. The number of hydrogen-bond donors (Lipinski definition) is 2. The molecule has 2 N–H and O–H groups in total. The van der Waals surface area contributed by atoms with Gasteiger partial charge in [-0.05, 0) is 58.7 Å². The van der Waals surface area contributed by atoms with Crippen molar-refractivity contribution in [1.82, 2.24) is 10.2 Å². The zero-order valence-electron chi connectivity index (χ0n) is 13.7. The van der Waals surface area contributed by atoms with Crippen LogP contribution >= 0.6 is 0 Å². The van der Waals surface area contributed by atoms with Crippen LogP contribution in [0.1, 0.15) is 29.4 Å². The number of phenolic OH excluding ortho intramolecular Hbond substituents is 1. The molecule has 4 aromatic rings. The Morgan fingerprint density at radius 3 is 2.60 bits per heavy atom. The molecule has 1 saturated carbocycles.